The van der Waals surface area contributed by atoms with Crippen molar-refractivity contribution in [3.8, 4) is 5.69 Å². The van der Waals surface area contributed by atoms with Gasteiger partial charge in [0.15, 0.2) is 0 Å². The van der Waals surface area contributed by atoms with Gasteiger partial charge in [-0.2, -0.15) is 5.10 Å². The van der Waals surface area contributed by atoms with E-state index in [1.807, 2.05) is 41.4 Å². The van der Waals surface area contributed by atoms with Crippen molar-refractivity contribution in [1.82, 2.24) is 9.78 Å². The van der Waals surface area contributed by atoms with Crippen LogP contribution in [0.3, 0.4) is 0 Å². The third-order valence-electron chi connectivity index (χ3n) is 4.84. The topological polar surface area (TPSA) is 99.7 Å². The number of anilines is 1. The third-order valence-corrected chi connectivity index (χ3v) is 4.84. The molecule has 1 aromatic heterocycles. The molecule has 1 aliphatic rings. The molecule has 3 aromatic rings. The molecular weight excluding hydrogens is 388 g/mol. The summed E-state index contributed by atoms with van der Waals surface area (Å²) in [7, 11) is 0. The summed E-state index contributed by atoms with van der Waals surface area (Å²) >= 11 is 0. The van der Waals surface area contributed by atoms with E-state index in [0.717, 1.165) is 11.3 Å². The van der Waals surface area contributed by atoms with Crippen molar-refractivity contribution in [2.75, 3.05) is 31.2 Å². The first kappa shape index (κ1) is 19.6. The summed E-state index contributed by atoms with van der Waals surface area (Å²) in [6.45, 7) is 2.34. The molecule has 2 aromatic carbocycles. The summed E-state index contributed by atoms with van der Waals surface area (Å²) in [5.74, 6) is -0.601. The number of nitrogens with zero attached hydrogens (tertiary/aromatic N) is 4. The van der Waals surface area contributed by atoms with Crippen molar-refractivity contribution >= 4 is 17.3 Å². The molecule has 0 spiro atoms. The Morgan fingerprint density at radius 3 is 2.60 bits per heavy atom. The highest BCUT2D eigenvalue weighted by Crippen LogP contribution is 2.27. The number of rotatable bonds is 6. The van der Waals surface area contributed by atoms with Crippen LogP contribution in [0.15, 0.2) is 60.9 Å². The van der Waals surface area contributed by atoms with Crippen molar-refractivity contribution in [1.29, 1.82) is 0 Å². The molecule has 1 saturated heterocycles. The minimum Gasteiger partial charge on any atom is -0.457 e. The molecule has 0 bridgehead atoms. The second-order valence-corrected chi connectivity index (χ2v) is 6.75. The van der Waals surface area contributed by atoms with E-state index in [-0.39, 0.29) is 17.9 Å². The van der Waals surface area contributed by atoms with Crippen LogP contribution in [0.1, 0.15) is 15.9 Å². The lowest BCUT2D eigenvalue weighted by molar-refractivity contribution is -0.384. The molecule has 154 valence electrons. The maximum atomic E-state index is 12.8. The molecule has 1 fully saturated rings. The van der Waals surface area contributed by atoms with Crippen LogP contribution in [0.5, 0.6) is 0 Å². The molecule has 1 aliphatic heterocycles. The number of non-ortho nitro benzene ring substituents is 1. The van der Waals surface area contributed by atoms with Crippen molar-refractivity contribution in [2.45, 2.75) is 6.61 Å². The number of esters is 1. The monoisotopic (exact) mass is 408 g/mol. The summed E-state index contributed by atoms with van der Waals surface area (Å²) in [5, 5.41) is 15.4. The van der Waals surface area contributed by atoms with E-state index >= 15 is 0 Å². The van der Waals surface area contributed by atoms with Gasteiger partial charge in [-0.05, 0) is 29.8 Å². The molecule has 0 radical (unpaired) electrons. The van der Waals surface area contributed by atoms with Gasteiger partial charge in [-0.25, -0.2) is 9.48 Å². The Morgan fingerprint density at radius 2 is 1.93 bits per heavy atom. The zero-order chi connectivity index (χ0) is 20.9. The highest BCUT2D eigenvalue weighted by molar-refractivity contribution is 5.96. The maximum absolute atomic E-state index is 12.8. The molecule has 0 amide bonds. The van der Waals surface area contributed by atoms with Crippen LogP contribution in [0.4, 0.5) is 11.4 Å². The molecule has 0 saturated carbocycles. The standard InChI is InChI=1S/C21H20N4O5/c26-21(30-15-16-2-4-17(5-3-16)24-9-1-8-22-24)19-14-18(25(27)28)6-7-20(19)23-10-12-29-13-11-23/h1-9,14H,10-13,15H2. The number of carbonyl (C=O) groups is 1. The number of hydrogen-bond acceptors (Lipinski definition) is 7. The molecule has 30 heavy (non-hydrogen) atoms. The Bertz CT molecular complexity index is 1030. The molecule has 9 nitrogen and oxygen atoms in total. The molecule has 2 heterocycles. The number of nitro benzene ring substituents is 1. The quantitative estimate of drug-likeness (QED) is 0.351. The molecule has 0 atom stereocenters. The Balaban J connectivity index is 1.50. The minimum atomic E-state index is -0.601. The normalized spacial score (nSPS) is 13.8. The Kier molecular flexibility index (Phi) is 5.71. The molecule has 9 heteroatoms. The number of benzene rings is 2. The smallest absolute Gasteiger partial charge is 0.340 e. The minimum absolute atomic E-state index is 0.0590. The average molecular weight is 408 g/mol. The van der Waals surface area contributed by atoms with Gasteiger partial charge in [0.2, 0.25) is 0 Å². The SMILES string of the molecule is O=C(OCc1ccc(-n2cccn2)cc1)c1cc([N+](=O)[O-])ccc1N1CCOCC1. The Morgan fingerprint density at radius 1 is 1.17 bits per heavy atom. The summed E-state index contributed by atoms with van der Waals surface area (Å²) in [6.07, 6.45) is 3.53. The fraction of sp³-hybridized carbons (Fsp3) is 0.238. The summed E-state index contributed by atoms with van der Waals surface area (Å²) < 4.78 is 12.6. The van der Waals surface area contributed by atoms with E-state index in [4.69, 9.17) is 9.47 Å². The third kappa shape index (κ3) is 4.31. The van der Waals surface area contributed by atoms with Gasteiger partial charge < -0.3 is 14.4 Å². The fourth-order valence-corrected chi connectivity index (χ4v) is 3.27. The maximum Gasteiger partial charge on any atom is 0.340 e. The van der Waals surface area contributed by atoms with Crippen LogP contribution in [-0.2, 0) is 16.1 Å². The number of carbonyl (C=O) groups excluding carboxylic acids is 1. The average Bonchev–Trinajstić information content (AvgIpc) is 3.33. The van der Waals surface area contributed by atoms with E-state index in [1.54, 1.807) is 16.9 Å². The van der Waals surface area contributed by atoms with Crippen LogP contribution >= 0.6 is 0 Å². The number of morpholine rings is 1. The van der Waals surface area contributed by atoms with Gasteiger partial charge in [-0.1, -0.05) is 12.1 Å². The molecule has 4 rings (SSSR count). The number of ether oxygens (including phenoxy) is 2. The van der Waals surface area contributed by atoms with Crippen LogP contribution in [-0.4, -0.2) is 47.0 Å². The van der Waals surface area contributed by atoms with Gasteiger partial charge in [0, 0.05) is 37.6 Å². The van der Waals surface area contributed by atoms with Gasteiger partial charge in [0.1, 0.15) is 6.61 Å². The first-order chi connectivity index (χ1) is 14.6. The van der Waals surface area contributed by atoms with E-state index < -0.39 is 10.9 Å². The van der Waals surface area contributed by atoms with Crippen molar-refractivity contribution in [3.63, 3.8) is 0 Å². The number of hydrogen-bond donors (Lipinski definition) is 0. The number of nitro groups is 1. The van der Waals surface area contributed by atoms with Gasteiger partial charge in [0.05, 0.1) is 35.1 Å². The lowest BCUT2D eigenvalue weighted by atomic mass is 10.1. The highest BCUT2D eigenvalue weighted by Gasteiger charge is 2.23. The van der Waals surface area contributed by atoms with Crippen molar-refractivity contribution in [3.05, 3.63) is 82.2 Å². The first-order valence-corrected chi connectivity index (χ1v) is 9.49. The molecular formula is C21H20N4O5. The van der Waals surface area contributed by atoms with Gasteiger partial charge in [0.25, 0.3) is 5.69 Å². The Labute approximate surface area is 172 Å². The van der Waals surface area contributed by atoms with E-state index in [1.165, 1.54) is 12.1 Å². The van der Waals surface area contributed by atoms with Gasteiger partial charge >= 0.3 is 5.97 Å². The van der Waals surface area contributed by atoms with E-state index in [2.05, 4.69) is 5.10 Å². The number of aromatic nitrogens is 2. The first-order valence-electron chi connectivity index (χ1n) is 9.49. The summed E-state index contributed by atoms with van der Waals surface area (Å²) in [6, 6.07) is 13.6. The predicted octanol–water partition coefficient (Wildman–Crippen LogP) is 2.97. The van der Waals surface area contributed by atoms with Crippen molar-refractivity contribution < 1.29 is 19.2 Å². The lowest BCUT2D eigenvalue weighted by Crippen LogP contribution is -2.37. The van der Waals surface area contributed by atoms with Crippen LogP contribution in [0, 0.1) is 10.1 Å². The van der Waals surface area contributed by atoms with E-state index in [0.29, 0.717) is 32.0 Å². The second kappa shape index (κ2) is 8.75. The van der Waals surface area contributed by atoms with Crippen LogP contribution in [0.2, 0.25) is 0 Å². The van der Waals surface area contributed by atoms with Gasteiger partial charge in [-0.3, -0.25) is 10.1 Å². The lowest BCUT2D eigenvalue weighted by Gasteiger charge is -2.30. The zero-order valence-electron chi connectivity index (χ0n) is 16.1. The van der Waals surface area contributed by atoms with Gasteiger partial charge in [-0.15, -0.1) is 0 Å². The summed E-state index contributed by atoms with van der Waals surface area (Å²) in [5.41, 5.74) is 2.34. The van der Waals surface area contributed by atoms with Crippen molar-refractivity contribution in [2.24, 2.45) is 0 Å². The predicted molar refractivity (Wildman–Crippen MR) is 109 cm³/mol. The van der Waals surface area contributed by atoms with E-state index in [9.17, 15) is 14.9 Å². The largest absolute Gasteiger partial charge is 0.457 e. The summed E-state index contributed by atoms with van der Waals surface area (Å²) in [4.78, 5) is 25.4. The van der Waals surface area contributed by atoms with Crippen LogP contribution < -0.4 is 4.90 Å². The fourth-order valence-electron chi connectivity index (χ4n) is 3.27. The highest BCUT2D eigenvalue weighted by atomic mass is 16.6. The molecule has 0 aliphatic carbocycles. The Hall–Kier alpha value is -3.72. The molecule has 0 N–H and O–H groups in total. The van der Waals surface area contributed by atoms with Crippen LogP contribution in [0.25, 0.3) is 5.69 Å². The second-order valence-electron chi connectivity index (χ2n) is 6.75. The molecule has 0 unspecified atom stereocenters. The zero-order valence-corrected chi connectivity index (χ0v) is 16.1.